The fraction of sp³-hybridized carbons (Fsp3) is 0.938. The van der Waals surface area contributed by atoms with Crippen molar-refractivity contribution < 1.29 is 9.53 Å². The van der Waals surface area contributed by atoms with E-state index in [0.29, 0.717) is 18.6 Å². The SMILES string of the molecule is COCC1(C(=O)NC2CCC(C)CC2C)CCNCC1. The molecule has 3 unspecified atom stereocenters. The standard InChI is InChI=1S/C16H30N2O2/c1-12-4-5-14(13(2)10-12)18-15(19)16(11-20-3)6-8-17-9-7-16/h12-14,17H,4-11H2,1-3H3,(H,18,19). The first kappa shape index (κ1) is 15.8. The maximum atomic E-state index is 12.8. The number of piperidine rings is 1. The second-order valence-corrected chi connectivity index (χ2v) is 6.94. The van der Waals surface area contributed by atoms with E-state index >= 15 is 0 Å². The van der Waals surface area contributed by atoms with Crippen molar-refractivity contribution in [1.82, 2.24) is 10.6 Å². The zero-order valence-corrected chi connectivity index (χ0v) is 13.2. The van der Waals surface area contributed by atoms with Gasteiger partial charge >= 0.3 is 0 Å². The molecule has 0 spiro atoms. The summed E-state index contributed by atoms with van der Waals surface area (Å²) in [6.07, 6.45) is 5.33. The summed E-state index contributed by atoms with van der Waals surface area (Å²) in [7, 11) is 1.70. The Kier molecular flexibility index (Phi) is 5.44. The number of ether oxygens (including phenoxy) is 1. The minimum absolute atomic E-state index is 0.215. The highest BCUT2D eigenvalue weighted by Crippen LogP contribution is 2.32. The van der Waals surface area contributed by atoms with Crippen molar-refractivity contribution in [3.63, 3.8) is 0 Å². The number of carbonyl (C=O) groups excluding carboxylic acids is 1. The van der Waals surface area contributed by atoms with Crippen LogP contribution in [0.2, 0.25) is 0 Å². The lowest BCUT2D eigenvalue weighted by Gasteiger charge is -2.39. The van der Waals surface area contributed by atoms with E-state index in [9.17, 15) is 4.79 Å². The molecule has 116 valence electrons. The Bertz CT molecular complexity index is 321. The molecule has 4 nitrogen and oxygen atoms in total. The molecule has 0 aromatic heterocycles. The summed E-state index contributed by atoms with van der Waals surface area (Å²) in [4.78, 5) is 12.8. The third-order valence-corrected chi connectivity index (χ3v) is 5.21. The molecule has 0 aromatic rings. The zero-order valence-electron chi connectivity index (χ0n) is 13.2. The molecular formula is C16H30N2O2. The van der Waals surface area contributed by atoms with Crippen LogP contribution in [0, 0.1) is 17.3 Å². The molecule has 0 aromatic carbocycles. The average molecular weight is 282 g/mol. The molecule has 0 bridgehead atoms. The van der Waals surface area contributed by atoms with Crippen molar-refractivity contribution in [3.05, 3.63) is 0 Å². The van der Waals surface area contributed by atoms with Gasteiger partial charge in [0.05, 0.1) is 12.0 Å². The Morgan fingerprint density at radius 3 is 2.60 bits per heavy atom. The van der Waals surface area contributed by atoms with Crippen LogP contribution in [0.3, 0.4) is 0 Å². The van der Waals surface area contributed by atoms with Crippen LogP contribution in [0.4, 0.5) is 0 Å². The van der Waals surface area contributed by atoms with Gasteiger partial charge in [-0.1, -0.05) is 13.8 Å². The first-order valence-corrected chi connectivity index (χ1v) is 8.08. The van der Waals surface area contributed by atoms with Crippen LogP contribution in [-0.2, 0) is 9.53 Å². The molecule has 2 aliphatic rings. The number of nitrogens with one attached hydrogen (secondary N) is 2. The smallest absolute Gasteiger partial charge is 0.228 e. The summed E-state index contributed by atoms with van der Waals surface area (Å²) in [6.45, 7) is 6.94. The molecule has 1 aliphatic carbocycles. The Morgan fingerprint density at radius 1 is 1.30 bits per heavy atom. The van der Waals surface area contributed by atoms with E-state index in [1.165, 1.54) is 12.8 Å². The van der Waals surface area contributed by atoms with E-state index in [4.69, 9.17) is 4.74 Å². The van der Waals surface area contributed by atoms with E-state index in [1.54, 1.807) is 7.11 Å². The van der Waals surface area contributed by atoms with Gasteiger partial charge in [0, 0.05) is 13.2 Å². The molecule has 3 atom stereocenters. The van der Waals surface area contributed by atoms with Gasteiger partial charge < -0.3 is 15.4 Å². The number of amides is 1. The maximum absolute atomic E-state index is 12.8. The van der Waals surface area contributed by atoms with E-state index in [1.807, 2.05) is 0 Å². The van der Waals surface area contributed by atoms with Crippen LogP contribution in [0.15, 0.2) is 0 Å². The fourth-order valence-corrected chi connectivity index (χ4v) is 3.82. The normalized spacial score (nSPS) is 33.6. The minimum Gasteiger partial charge on any atom is -0.384 e. The Morgan fingerprint density at radius 2 is 2.00 bits per heavy atom. The third kappa shape index (κ3) is 3.53. The van der Waals surface area contributed by atoms with Gasteiger partial charge in [-0.3, -0.25) is 4.79 Å². The molecule has 20 heavy (non-hydrogen) atoms. The summed E-state index contributed by atoms with van der Waals surface area (Å²) < 4.78 is 5.35. The van der Waals surface area contributed by atoms with Crippen LogP contribution in [0.1, 0.15) is 46.0 Å². The summed E-state index contributed by atoms with van der Waals surface area (Å²) in [5.74, 6) is 1.60. The number of rotatable bonds is 4. The minimum atomic E-state index is -0.317. The maximum Gasteiger partial charge on any atom is 0.228 e. The van der Waals surface area contributed by atoms with Crippen LogP contribution < -0.4 is 10.6 Å². The van der Waals surface area contributed by atoms with Crippen LogP contribution in [0.5, 0.6) is 0 Å². The quantitative estimate of drug-likeness (QED) is 0.828. The van der Waals surface area contributed by atoms with Gasteiger partial charge in [0.25, 0.3) is 0 Å². The molecule has 2 fully saturated rings. The molecule has 1 aliphatic heterocycles. The first-order valence-electron chi connectivity index (χ1n) is 8.08. The Hall–Kier alpha value is -0.610. The largest absolute Gasteiger partial charge is 0.384 e. The summed E-state index contributed by atoms with van der Waals surface area (Å²) >= 11 is 0. The van der Waals surface area contributed by atoms with Crippen molar-refractivity contribution >= 4 is 5.91 Å². The van der Waals surface area contributed by atoms with Crippen LogP contribution in [0.25, 0.3) is 0 Å². The highest BCUT2D eigenvalue weighted by atomic mass is 16.5. The number of methoxy groups -OCH3 is 1. The van der Waals surface area contributed by atoms with Gasteiger partial charge in [-0.15, -0.1) is 0 Å². The van der Waals surface area contributed by atoms with Crippen molar-refractivity contribution in [1.29, 1.82) is 0 Å². The lowest BCUT2D eigenvalue weighted by molar-refractivity contribution is -0.137. The molecule has 1 amide bonds. The molecule has 4 heteroatoms. The number of carbonyl (C=O) groups is 1. The van der Waals surface area contributed by atoms with Crippen molar-refractivity contribution in [2.24, 2.45) is 17.3 Å². The molecule has 0 radical (unpaired) electrons. The van der Waals surface area contributed by atoms with E-state index in [2.05, 4.69) is 24.5 Å². The van der Waals surface area contributed by atoms with Gasteiger partial charge in [0.1, 0.15) is 0 Å². The van der Waals surface area contributed by atoms with Gasteiger partial charge in [-0.25, -0.2) is 0 Å². The van der Waals surface area contributed by atoms with Crippen LogP contribution >= 0.6 is 0 Å². The molecule has 2 rings (SSSR count). The monoisotopic (exact) mass is 282 g/mol. The predicted octanol–water partition coefficient (Wildman–Crippen LogP) is 1.94. The van der Waals surface area contributed by atoms with Gasteiger partial charge in [0.15, 0.2) is 0 Å². The lowest BCUT2D eigenvalue weighted by atomic mass is 9.76. The second-order valence-electron chi connectivity index (χ2n) is 6.94. The molecule has 1 heterocycles. The number of hydrogen-bond donors (Lipinski definition) is 2. The summed E-state index contributed by atoms with van der Waals surface area (Å²) in [5.41, 5.74) is -0.317. The Labute approximate surface area is 123 Å². The lowest BCUT2D eigenvalue weighted by Crippen LogP contribution is -2.54. The second kappa shape index (κ2) is 6.90. The third-order valence-electron chi connectivity index (χ3n) is 5.21. The zero-order chi connectivity index (χ0) is 14.6. The molecular weight excluding hydrogens is 252 g/mol. The van der Waals surface area contributed by atoms with Gasteiger partial charge in [0.2, 0.25) is 5.91 Å². The molecule has 1 saturated heterocycles. The molecule has 2 N–H and O–H groups in total. The average Bonchev–Trinajstić information content (AvgIpc) is 2.43. The highest BCUT2D eigenvalue weighted by molar-refractivity contribution is 5.83. The van der Waals surface area contributed by atoms with Crippen molar-refractivity contribution in [2.75, 3.05) is 26.8 Å². The van der Waals surface area contributed by atoms with E-state index < -0.39 is 0 Å². The van der Waals surface area contributed by atoms with E-state index in [0.717, 1.165) is 38.3 Å². The summed E-state index contributed by atoms with van der Waals surface area (Å²) in [5, 5.41) is 6.67. The van der Waals surface area contributed by atoms with Crippen molar-refractivity contribution in [2.45, 2.75) is 52.0 Å². The van der Waals surface area contributed by atoms with Crippen LogP contribution in [-0.4, -0.2) is 38.8 Å². The van der Waals surface area contributed by atoms with Gasteiger partial charge in [-0.2, -0.15) is 0 Å². The van der Waals surface area contributed by atoms with Gasteiger partial charge in [-0.05, 0) is 57.0 Å². The fourth-order valence-electron chi connectivity index (χ4n) is 3.82. The summed E-state index contributed by atoms with van der Waals surface area (Å²) in [6, 6.07) is 0.349. The van der Waals surface area contributed by atoms with E-state index in [-0.39, 0.29) is 11.3 Å². The topological polar surface area (TPSA) is 50.4 Å². The predicted molar refractivity (Wildman–Crippen MR) is 80.5 cm³/mol. The molecule has 1 saturated carbocycles. The highest BCUT2D eigenvalue weighted by Gasteiger charge is 2.41. The first-order chi connectivity index (χ1) is 9.57. The number of hydrogen-bond acceptors (Lipinski definition) is 3. The Balaban J connectivity index is 1.97. The van der Waals surface area contributed by atoms with Crippen molar-refractivity contribution in [3.8, 4) is 0 Å².